The number of hydrogen-bond donors (Lipinski definition) is 1. The molecule has 112 valence electrons. The van der Waals surface area contributed by atoms with Gasteiger partial charge in [0.05, 0.1) is 11.6 Å². The zero-order valence-corrected chi connectivity index (χ0v) is 13.2. The predicted molar refractivity (Wildman–Crippen MR) is 90.0 cm³/mol. The molecule has 2 atom stereocenters. The van der Waals surface area contributed by atoms with Gasteiger partial charge in [0.25, 0.3) is 0 Å². The van der Waals surface area contributed by atoms with Crippen LogP contribution in [0.4, 0.5) is 11.4 Å². The summed E-state index contributed by atoms with van der Waals surface area (Å²) < 4.78 is 0. The lowest BCUT2D eigenvalue weighted by molar-refractivity contribution is 0.0293. The Morgan fingerprint density at radius 1 is 0.952 bits per heavy atom. The Labute approximate surface area is 128 Å². The average Bonchev–Trinajstić information content (AvgIpc) is 2.49. The molecule has 0 aromatic heterocycles. The van der Waals surface area contributed by atoms with Gasteiger partial charge in [-0.1, -0.05) is 49.7 Å². The van der Waals surface area contributed by atoms with Gasteiger partial charge in [-0.3, -0.25) is 0 Å². The van der Waals surface area contributed by atoms with Crippen molar-refractivity contribution in [2.24, 2.45) is 0 Å². The molecule has 0 bridgehead atoms. The van der Waals surface area contributed by atoms with Gasteiger partial charge in [0.2, 0.25) is 0 Å². The van der Waals surface area contributed by atoms with Gasteiger partial charge in [0.1, 0.15) is 0 Å². The Hall–Kier alpha value is -1.80. The van der Waals surface area contributed by atoms with Gasteiger partial charge in [-0.25, -0.2) is 0 Å². The minimum absolute atomic E-state index is 0.0118. The van der Waals surface area contributed by atoms with Crippen molar-refractivity contribution >= 4 is 11.4 Å². The lowest BCUT2D eigenvalue weighted by Gasteiger charge is -2.40. The molecule has 2 rings (SSSR count). The van der Waals surface area contributed by atoms with Crippen LogP contribution in [-0.4, -0.2) is 16.7 Å². The van der Waals surface area contributed by atoms with E-state index in [1.165, 1.54) is 0 Å². The van der Waals surface area contributed by atoms with E-state index < -0.39 is 5.60 Å². The third kappa shape index (κ3) is 3.64. The first kappa shape index (κ1) is 15.6. The van der Waals surface area contributed by atoms with Gasteiger partial charge in [-0.05, 0) is 44.5 Å². The van der Waals surface area contributed by atoms with Crippen LogP contribution in [-0.2, 0) is 0 Å². The molecule has 0 aliphatic rings. The Morgan fingerprint density at radius 3 is 1.76 bits per heavy atom. The summed E-state index contributed by atoms with van der Waals surface area (Å²) in [5.41, 5.74) is 1.47. The number of benzene rings is 2. The SMILES string of the molecule is CCC[C@@](C)(O)[C@H](C)N(c1ccccc1)c1ccccc1. The highest BCUT2D eigenvalue weighted by Gasteiger charge is 2.33. The number of aliphatic hydroxyl groups is 1. The van der Waals surface area contributed by atoms with Crippen molar-refractivity contribution < 1.29 is 5.11 Å². The molecule has 0 heterocycles. The molecule has 2 aromatic carbocycles. The van der Waals surface area contributed by atoms with Crippen LogP contribution in [0.5, 0.6) is 0 Å². The topological polar surface area (TPSA) is 23.5 Å². The summed E-state index contributed by atoms with van der Waals surface area (Å²) in [6.45, 7) is 6.13. The zero-order chi connectivity index (χ0) is 15.3. The van der Waals surface area contributed by atoms with Crippen molar-refractivity contribution in [3.63, 3.8) is 0 Å². The molecule has 0 amide bonds. The van der Waals surface area contributed by atoms with E-state index >= 15 is 0 Å². The first-order chi connectivity index (χ1) is 10.1. The second-order valence-corrected chi connectivity index (χ2v) is 5.82. The summed E-state index contributed by atoms with van der Waals surface area (Å²) in [5.74, 6) is 0. The van der Waals surface area contributed by atoms with E-state index in [0.29, 0.717) is 0 Å². The van der Waals surface area contributed by atoms with Gasteiger partial charge in [0.15, 0.2) is 0 Å². The highest BCUT2D eigenvalue weighted by atomic mass is 16.3. The number of anilines is 2. The largest absolute Gasteiger partial charge is 0.388 e. The van der Waals surface area contributed by atoms with Crippen LogP contribution in [0.15, 0.2) is 60.7 Å². The van der Waals surface area contributed by atoms with Gasteiger partial charge in [0, 0.05) is 11.4 Å². The highest BCUT2D eigenvalue weighted by Crippen LogP contribution is 2.33. The van der Waals surface area contributed by atoms with Crippen LogP contribution in [0.25, 0.3) is 0 Å². The smallest absolute Gasteiger partial charge is 0.0823 e. The summed E-state index contributed by atoms with van der Waals surface area (Å²) in [6.07, 6.45) is 1.75. The van der Waals surface area contributed by atoms with E-state index in [4.69, 9.17) is 0 Å². The summed E-state index contributed by atoms with van der Waals surface area (Å²) >= 11 is 0. The maximum atomic E-state index is 10.8. The molecule has 0 unspecified atom stereocenters. The van der Waals surface area contributed by atoms with Crippen LogP contribution in [0.3, 0.4) is 0 Å². The van der Waals surface area contributed by atoms with Crippen LogP contribution < -0.4 is 4.90 Å². The molecule has 0 saturated carbocycles. The van der Waals surface area contributed by atoms with Crippen LogP contribution in [0.2, 0.25) is 0 Å². The molecule has 0 saturated heterocycles. The van der Waals surface area contributed by atoms with Gasteiger partial charge < -0.3 is 10.0 Å². The average molecular weight is 283 g/mol. The number of nitrogens with zero attached hydrogens (tertiary/aromatic N) is 1. The van der Waals surface area contributed by atoms with Gasteiger partial charge >= 0.3 is 0 Å². The van der Waals surface area contributed by atoms with Crippen molar-refractivity contribution in [1.82, 2.24) is 0 Å². The van der Waals surface area contributed by atoms with Crippen LogP contribution >= 0.6 is 0 Å². The summed E-state index contributed by atoms with van der Waals surface area (Å²) in [6, 6.07) is 20.5. The minimum atomic E-state index is -0.736. The van der Waals surface area contributed by atoms with E-state index in [0.717, 1.165) is 24.2 Å². The molecular weight excluding hydrogens is 258 g/mol. The molecule has 0 spiro atoms. The maximum absolute atomic E-state index is 10.8. The fraction of sp³-hybridized carbons (Fsp3) is 0.368. The van der Waals surface area contributed by atoms with E-state index in [9.17, 15) is 5.11 Å². The van der Waals surface area contributed by atoms with E-state index in [1.807, 2.05) is 43.3 Å². The van der Waals surface area contributed by atoms with Gasteiger partial charge in [-0.2, -0.15) is 0 Å². The normalized spacial score (nSPS) is 15.2. The number of hydrogen-bond acceptors (Lipinski definition) is 2. The van der Waals surface area contributed by atoms with Crippen molar-refractivity contribution in [3.05, 3.63) is 60.7 Å². The Kier molecular flexibility index (Phi) is 5.03. The molecule has 2 nitrogen and oxygen atoms in total. The minimum Gasteiger partial charge on any atom is -0.388 e. The third-order valence-corrected chi connectivity index (χ3v) is 4.11. The molecule has 2 heteroatoms. The first-order valence-electron chi connectivity index (χ1n) is 7.68. The molecule has 0 fully saturated rings. The van der Waals surface area contributed by atoms with E-state index in [-0.39, 0.29) is 6.04 Å². The highest BCUT2D eigenvalue weighted by molar-refractivity contribution is 5.64. The molecule has 0 aliphatic heterocycles. The summed E-state index contributed by atoms with van der Waals surface area (Å²) in [5, 5.41) is 10.8. The molecular formula is C19H25NO. The third-order valence-electron chi connectivity index (χ3n) is 4.11. The lowest BCUT2D eigenvalue weighted by atomic mass is 9.90. The Morgan fingerprint density at radius 2 is 1.38 bits per heavy atom. The molecule has 0 aliphatic carbocycles. The number of para-hydroxylation sites is 2. The lowest BCUT2D eigenvalue weighted by Crippen LogP contribution is -2.47. The second-order valence-electron chi connectivity index (χ2n) is 5.82. The molecule has 2 aromatic rings. The predicted octanol–water partition coefficient (Wildman–Crippen LogP) is 4.76. The fourth-order valence-corrected chi connectivity index (χ4v) is 2.77. The van der Waals surface area contributed by atoms with Crippen molar-refractivity contribution in [2.75, 3.05) is 4.90 Å². The quantitative estimate of drug-likeness (QED) is 0.826. The van der Waals surface area contributed by atoms with Crippen molar-refractivity contribution in [3.8, 4) is 0 Å². The molecule has 0 radical (unpaired) electrons. The monoisotopic (exact) mass is 283 g/mol. The zero-order valence-electron chi connectivity index (χ0n) is 13.2. The Balaban J connectivity index is 2.42. The summed E-state index contributed by atoms with van der Waals surface area (Å²) in [4.78, 5) is 2.22. The Bertz CT molecular complexity index is 497. The molecule has 21 heavy (non-hydrogen) atoms. The fourth-order valence-electron chi connectivity index (χ4n) is 2.77. The van der Waals surface area contributed by atoms with Crippen molar-refractivity contribution in [1.29, 1.82) is 0 Å². The van der Waals surface area contributed by atoms with E-state index in [1.54, 1.807) is 0 Å². The van der Waals surface area contributed by atoms with E-state index in [2.05, 4.69) is 43.0 Å². The van der Waals surface area contributed by atoms with Crippen molar-refractivity contribution in [2.45, 2.75) is 45.3 Å². The second kappa shape index (κ2) is 6.77. The number of rotatable bonds is 6. The molecule has 1 N–H and O–H groups in total. The maximum Gasteiger partial charge on any atom is 0.0823 e. The first-order valence-corrected chi connectivity index (χ1v) is 7.68. The van der Waals surface area contributed by atoms with Crippen LogP contribution in [0.1, 0.15) is 33.6 Å². The van der Waals surface area contributed by atoms with Gasteiger partial charge in [-0.15, -0.1) is 0 Å². The summed E-state index contributed by atoms with van der Waals surface area (Å²) in [7, 11) is 0. The standard InChI is InChI=1S/C19H25NO/c1-4-15-19(3,21)16(2)20(17-11-7-5-8-12-17)18-13-9-6-10-14-18/h5-14,16,21H,4,15H2,1-3H3/t16-,19+/m0/s1. The van der Waals surface area contributed by atoms with Crippen LogP contribution in [0, 0.1) is 0 Å².